The monoisotopic (exact) mass is 365 g/mol. The Balaban J connectivity index is 1.28. The highest BCUT2D eigenvalue weighted by atomic mass is 32.2. The Kier molecular flexibility index (Phi) is 4.51. The lowest BCUT2D eigenvalue weighted by Gasteiger charge is -2.13. The molecule has 2 heterocycles. The van der Waals surface area contributed by atoms with Crippen LogP contribution in [0.3, 0.4) is 0 Å². The van der Waals surface area contributed by atoms with Crippen LogP contribution in [-0.4, -0.2) is 39.0 Å². The van der Waals surface area contributed by atoms with Crippen molar-refractivity contribution in [1.29, 1.82) is 0 Å². The van der Waals surface area contributed by atoms with Gasteiger partial charge in [0.1, 0.15) is 0 Å². The largest absolute Gasteiger partial charge is 0.333 e. The molecule has 0 fully saturated rings. The first-order valence-electron chi connectivity index (χ1n) is 8.68. The van der Waals surface area contributed by atoms with Crippen LogP contribution in [0.25, 0.3) is 11.0 Å². The van der Waals surface area contributed by atoms with E-state index >= 15 is 0 Å². The number of nitrogens with zero attached hydrogens (tertiary/aromatic N) is 2. The van der Waals surface area contributed by atoms with Crippen molar-refractivity contribution < 1.29 is 9.59 Å². The van der Waals surface area contributed by atoms with Crippen molar-refractivity contribution in [3.8, 4) is 0 Å². The molecule has 3 aromatic rings. The van der Waals surface area contributed by atoms with E-state index in [4.69, 9.17) is 0 Å². The highest BCUT2D eigenvalue weighted by molar-refractivity contribution is 7.99. The molecule has 132 valence electrons. The third kappa shape index (κ3) is 3.12. The summed E-state index contributed by atoms with van der Waals surface area (Å²) in [6.07, 6.45) is 1.70. The Bertz CT molecular complexity index is 961. The maximum absolute atomic E-state index is 12.3. The molecule has 0 aliphatic carbocycles. The van der Waals surface area contributed by atoms with Crippen molar-refractivity contribution in [2.45, 2.75) is 24.9 Å². The summed E-state index contributed by atoms with van der Waals surface area (Å²) < 4.78 is 0. The lowest BCUT2D eigenvalue weighted by atomic mass is 10.1. The number of amides is 2. The van der Waals surface area contributed by atoms with Crippen LogP contribution in [0.4, 0.5) is 0 Å². The molecule has 0 unspecified atom stereocenters. The normalized spacial score (nSPS) is 13.7. The van der Waals surface area contributed by atoms with Crippen molar-refractivity contribution in [3.63, 3.8) is 0 Å². The van der Waals surface area contributed by atoms with Crippen LogP contribution in [0.2, 0.25) is 0 Å². The number of imidazole rings is 1. The molecule has 0 atom stereocenters. The molecule has 5 nitrogen and oxygen atoms in total. The van der Waals surface area contributed by atoms with Gasteiger partial charge in [0.05, 0.1) is 22.2 Å². The zero-order chi connectivity index (χ0) is 18.1. The molecule has 0 spiro atoms. The van der Waals surface area contributed by atoms with Crippen LogP contribution >= 0.6 is 11.8 Å². The van der Waals surface area contributed by atoms with Gasteiger partial charge in [0.25, 0.3) is 11.8 Å². The Labute approximate surface area is 155 Å². The molecule has 2 aromatic carbocycles. The van der Waals surface area contributed by atoms with Gasteiger partial charge in [0.2, 0.25) is 0 Å². The molecule has 0 saturated heterocycles. The molecule has 2 amide bonds. The summed E-state index contributed by atoms with van der Waals surface area (Å²) in [6.45, 7) is 2.53. The Hall–Kier alpha value is -2.60. The number of unbranched alkanes of at least 4 members (excludes halogenated alkanes) is 1. The van der Waals surface area contributed by atoms with E-state index in [1.165, 1.54) is 10.5 Å². The third-order valence-electron chi connectivity index (χ3n) is 4.51. The van der Waals surface area contributed by atoms with Crippen molar-refractivity contribution >= 4 is 34.6 Å². The van der Waals surface area contributed by atoms with E-state index in [2.05, 4.69) is 29.0 Å². The summed E-state index contributed by atoms with van der Waals surface area (Å²) in [5.41, 5.74) is 4.27. The van der Waals surface area contributed by atoms with Gasteiger partial charge in [-0.1, -0.05) is 30.0 Å². The molecule has 4 rings (SSSR count). The minimum atomic E-state index is -0.175. The van der Waals surface area contributed by atoms with Crippen molar-refractivity contribution in [2.24, 2.45) is 0 Å². The second kappa shape index (κ2) is 6.96. The standard InChI is InChI=1S/C20H19N3O2S/c1-13-8-9-16-17(12-13)22-20(21-16)26-11-5-4-10-23-18(24)14-6-2-3-7-15(14)19(23)25/h2-3,6-9,12H,4-5,10-11H2,1H3,(H,21,22). The Morgan fingerprint density at radius 2 is 1.77 bits per heavy atom. The van der Waals surface area contributed by atoms with Gasteiger partial charge in [-0.05, 0) is 49.6 Å². The van der Waals surface area contributed by atoms with E-state index in [9.17, 15) is 9.59 Å². The topological polar surface area (TPSA) is 66.1 Å². The minimum absolute atomic E-state index is 0.175. The van der Waals surface area contributed by atoms with E-state index in [0.717, 1.165) is 34.8 Å². The Morgan fingerprint density at radius 1 is 1.04 bits per heavy atom. The summed E-state index contributed by atoms with van der Waals surface area (Å²) in [7, 11) is 0. The smallest absolute Gasteiger partial charge is 0.261 e. The number of H-pyrrole nitrogens is 1. The van der Waals surface area contributed by atoms with E-state index in [-0.39, 0.29) is 11.8 Å². The molecule has 0 bridgehead atoms. The number of fused-ring (bicyclic) bond motifs is 2. The van der Waals surface area contributed by atoms with Crippen LogP contribution in [0.1, 0.15) is 39.1 Å². The zero-order valence-electron chi connectivity index (χ0n) is 14.5. The molecule has 1 aliphatic rings. The van der Waals surface area contributed by atoms with E-state index in [1.54, 1.807) is 36.0 Å². The van der Waals surface area contributed by atoms with Gasteiger partial charge in [-0.2, -0.15) is 0 Å². The van der Waals surface area contributed by atoms with E-state index in [0.29, 0.717) is 17.7 Å². The van der Waals surface area contributed by atoms with Crippen molar-refractivity contribution in [2.75, 3.05) is 12.3 Å². The number of hydrogen-bond acceptors (Lipinski definition) is 4. The van der Waals surface area contributed by atoms with Gasteiger partial charge in [0.15, 0.2) is 5.16 Å². The highest BCUT2D eigenvalue weighted by Gasteiger charge is 2.34. The van der Waals surface area contributed by atoms with Gasteiger partial charge < -0.3 is 4.98 Å². The number of hydrogen-bond donors (Lipinski definition) is 1. The number of aryl methyl sites for hydroxylation is 1. The SMILES string of the molecule is Cc1ccc2nc(SCCCCN3C(=O)c4ccccc4C3=O)[nH]c2c1. The number of thioether (sulfide) groups is 1. The lowest BCUT2D eigenvalue weighted by molar-refractivity contribution is 0.0652. The van der Waals surface area contributed by atoms with Gasteiger partial charge in [-0.25, -0.2) is 4.98 Å². The fraction of sp³-hybridized carbons (Fsp3) is 0.250. The van der Waals surface area contributed by atoms with Crippen LogP contribution < -0.4 is 0 Å². The van der Waals surface area contributed by atoms with Crippen molar-refractivity contribution in [3.05, 3.63) is 59.2 Å². The molecular weight excluding hydrogens is 346 g/mol. The number of carbonyl (C=O) groups excluding carboxylic acids is 2. The number of benzene rings is 2. The molecule has 1 N–H and O–H groups in total. The molecule has 1 aromatic heterocycles. The summed E-state index contributed by atoms with van der Waals surface area (Å²) in [5, 5.41) is 0.909. The summed E-state index contributed by atoms with van der Waals surface area (Å²) in [4.78, 5) is 33.9. The molecule has 0 saturated carbocycles. The van der Waals surface area contributed by atoms with Crippen molar-refractivity contribution in [1.82, 2.24) is 14.9 Å². The van der Waals surface area contributed by atoms with Crippen LogP contribution in [0.5, 0.6) is 0 Å². The van der Waals surface area contributed by atoms with Crippen LogP contribution in [0.15, 0.2) is 47.6 Å². The predicted octanol–water partition coefficient (Wildman–Crippen LogP) is 4.04. The van der Waals surface area contributed by atoms with E-state index in [1.807, 2.05) is 6.07 Å². The fourth-order valence-electron chi connectivity index (χ4n) is 3.15. The second-order valence-corrected chi connectivity index (χ2v) is 7.51. The third-order valence-corrected chi connectivity index (χ3v) is 5.47. The molecular formula is C20H19N3O2S. The number of rotatable bonds is 6. The van der Waals surface area contributed by atoms with Gasteiger partial charge in [-0.3, -0.25) is 14.5 Å². The number of carbonyl (C=O) groups is 2. The second-order valence-electron chi connectivity index (χ2n) is 6.43. The molecule has 6 heteroatoms. The van der Waals surface area contributed by atoms with E-state index < -0.39 is 0 Å². The Morgan fingerprint density at radius 3 is 2.50 bits per heavy atom. The highest BCUT2D eigenvalue weighted by Crippen LogP contribution is 2.24. The van der Waals surface area contributed by atoms with Gasteiger partial charge in [-0.15, -0.1) is 0 Å². The minimum Gasteiger partial charge on any atom is -0.333 e. The number of aromatic amines is 1. The molecule has 1 aliphatic heterocycles. The predicted molar refractivity (Wildman–Crippen MR) is 103 cm³/mol. The number of aromatic nitrogens is 2. The first-order valence-corrected chi connectivity index (χ1v) is 9.66. The average Bonchev–Trinajstić information content (AvgIpc) is 3.15. The first-order chi connectivity index (χ1) is 12.6. The maximum Gasteiger partial charge on any atom is 0.261 e. The van der Waals surface area contributed by atoms with Crippen LogP contribution in [0, 0.1) is 6.92 Å². The van der Waals surface area contributed by atoms with Crippen LogP contribution in [-0.2, 0) is 0 Å². The van der Waals surface area contributed by atoms with Gasteiger partial charge >= 0.3 is 0 Å². The average molecular weight is 365 g/mol. The summed E-state index contributed by atoms with van der Waals surface area (Å²) in [5.74, 6) is 0.541. The summed E-state index contributed by atoms with van der Waals surface area (Å²) in [6, 6.07) is 13.2. The fourth-order valence-corrected chi connectivity index (χ4v) is 4.04. The molecule has 26 heavy (non-hydrogen) atoms. The number of imide groups is 1. The quantitative estimate of drug-likeness (QED) is 0.407. The number of nitrogens with one attached hydrogen (secondary N) is 1. The summed E-state index contributed by atoms with van der Waals surface area (Å²) >= 11 is 1.67. The maximum atomic E-state index is 12.3. The molecule has 0 radical (unpaired) electrons. The first kappa shape index (κ1) is 16.8. The lowest BCUT2D eigenvalue weighted by Crippen LogP contribution is -2.30. The zero-order valence-corrected chi connectivity index (χ0v) is 15.3. The van der Waals surface area contributed by atoms with Gasteiger partial charge in [0, 0.05) is 12.3 Å².